The molecule has 1 heterocycles. The minimum Gasteiger partial charge on any atom is -0.478 e. The SMILES string of the molecule is Cc1ccc(S(=O)(=O)Nc2ccc(N3CCOCC3)c(C(=O)O)c2)cc1. The molecule has 138 valence electrons. The minimum atomic E-state index is -3.79. The van der Waals surface area contributed by atoms with Gasteiger partial charge in [-0.05, 0) is 37.3 Å². The van der Waals surface area contributed by atoms with Gasteiger partial charge in [-0.15, -0.1) is 0 Å². The van der Waals surface area contributed by atoms with Gasteiger partial charge in [0.1, 0.15) is 0 Å². The quantitative estimate of drug-likeness (QED) is 0.831. The Bertz CT molecular complexity index is 904. The molecule has 0 unspecified atom stereocenters. The van der Waals surface area contributed by atoms with E-state index in [9.17, 15) is 18.3 Å². The van der Waals surface area contributed by atoms with Crippen molar-refractivity contribution in [2.45, 2.75) is 11.8 Å². The fourth-order valence-electron chi connectivity index (χ4n) is 2.78. The van der Waals surface area contributed by atoms with Crippen LogP contribution in [0.1, 0.15) is 15.9 Å². The number of aromatic carboxylic acids is 1. The lowest BCUT2D eigenvalue weighted by atomic mass is 10.1. The van der Waals surface area contributed by atoms with Crippen LogP contribution >= 0.6 is 0 Å². The average Bonchev–Trinajstić information content (AvgIpc) is 2.62. The van der Waals surface area contributed by atoms with Gasteiger partial charge in [0.25, 0.3) is 10.0 Å². The maximum Gasteiger partial charge on any atom is 0.337 e. The number of benzene rings is 2. The van der Waals surface area contributed by atoms with Crippen molar-refractivity contribution >= 4 is 27.4 Å². The number of anilines is 2. The third-order valence-electron chi connectivity index (χ3n) is 4.16. The van der Waals surface area contributed by atoms with Crippen molar-refractivity contribution in [2.24, 2.45) is 0 Å². The van der Waals surface area contributed by atoms with Gasteiger partial charge in [-0.1, -0.05) is 17.7 Å². The number of ether oxygens (including phenoxy) is 1. The van der Waals surface area contributed by atoms with Gasteiger partial charge >= 0.3 is 5.97 Å². The molecule has 2 aromatic rings. The van der Waals surface area contributed by atoms with Gasteiger partial charge in [0.05, 0.1) is 29.4 Å². The molecular formula is C18H20N2O5S. The second-order valence-electron chi connectivity index (χ2n) is 6.06. The van der Waals surface area contributed by atoms with Gasteiger partial charge in [0.2, 0.25) is 0 Å². The van der Waals surface area contributed by atoms with Crippen molar-refractivity contribution in [1.82, 2.24) is 0 Å². The lowest BCUT2D eigenvalue weighted by molar-refractivity contribution is 0.0696. The molecule has 0 saturated carbocycles. The maximum atomic E-state index is 12.5. The Morgan fingerprint density at radius 1 is 1.12 bits per heavy atom. The molecule has 0 amide bonds. The van der Waals surface area contributed by atoms with Gasteiger partial charge in [-0.2, -0.15) is 0 Å². The first kappa shape index (κ1) is 18.2. The van der Waals surface area contributed by atoms with E-state index >= 15 is 0 Å². The van der Waals surface area contributed by atoms with Crippen LogP contribution in [-0.4, -0.2) is 45.8 Å². The lowest BCUT2D eigenvalue weighted by Gasteiger charge is -2.30. The molecule has 1 saturated heterocycles. The standard InChI is InChI=1S/C18H20N2O5S/c1-13-2-5-15(6-3-13)26(23,24)19-14-4-7-17(16(12-14)18(21)22)20-8-10-25-11-9-20/h2-7,12,19H,8-11H2,1H3,(H,21,22). The molecule has 7 nitrogen and oxygen atoms in total. The summed E-state index contributed by atoms with van der Waals surface area (Å²) in [4.78, 5) is 13.7. The average molecular weight is 376 g/mol. The second-order valence-corrected chi connectivity index (χ2v) is 7.74. The first-order valence-corrected chi connectivity index (χ1v) is 9.65. The van der Waals surface area contributed by atoms with Crippen molar-refractivity contribution in [2.75, 3.05) is 35.9 Å². The fraction of sp³-hybridized carbons (Fsp3) is 0.278. The summed E-state index contributed by atoms with van der Waals surface area (Å²) in [6, 6.07) is 11.0. The van der Waals surface area contributed by atoms with Crippen LogP contribution in [0, 0.1) is 6.92 Å². The summed E-state index contributed by atoms with van der Waals surface area (Å²) in [5, 5.41) is 9.53. The molecular weight excluding hydrogens is 356 g/mol. The molecule has 0 radical (unpaired) electrons. The van der Waals surface area contributed by atoms with Gasteiger partial charge in [0.15, 0.2) is 0 Å². The number of aryl methyl sites for hydroxylation is 1. The van der Waals surface area contributed by atoms with E-state index in [4.69, 9.17) is 4.74 Å². The molecule has 26 heavy (non-hydrogen) atoms. The molecule has 0 aliphatic carbocycles. The molecule has 0 spiro atoms. The number of carbonyl (C=O) groups is 1. The zero-order valence-corrected chi connectivity index (χ0v) is 15.1. The summed E-state index contributed by atoms with van der Waals surface area (Å²) >= 11 is 0. The summed E-state index contributed by atoms with van der Waals surface area (Å²) < 4.78 is 32.7. The molecule has 0 bridgehead atoms. The summed E-state index contributed by atoms with van der Waals surface area (Å²) in [6.07, 6.45) is 0. The number of nitrogens with one attached hydrogen (secondary N) is 1. The van der Waals surface area contributed by atoms with E-state index in [0.29, 0.717) is 32.0 Å². The van der Waals surface area contributed by atoms with Crippen molar-refractivity contribution in [3.05, 3.63) is 53.6 Å². The number of hydrogen-bond donors (Lipinski definition) is 2. The van der Waals surface area contributed by atoms with Crippen LogP contribution in [0.5, 0.6) is 0 Å². The molecule has 8 heteroatoms. The Kier molecular flexibility index (Phi) is 5.15. The predicted molar refractivity (Wildman–Crippen MR) is 98.4 cm³/mol. The van der Waals surface area contributed by atoms with Crippen LogP contribution in [0.25, 0.3) is 0 Å². The molecule has 1 aliphatic heterocycles. The molecule has 0 aromatic heterocycles. The van der Waals surface area contributed by atoms with E-state index in [2.05, 4.69) is 4.72 Å². The number of hydrogen-bond acceptors (Lipinski definition) is 5. The third-order valence-corrected chi connectivity index (χ3v) is 5.56. The monoisotopic (exact) mass is 376 g/mol. The number of carboxylic acid groups (broad SMARTS) is 1. The molecule has 1 fully saturated rings. The zero-order chi connectivity index (χ0) is 18.7. The first-order valence-electron chi connectivity index (χ1n) is 8.16. The normalized spacial score (nSPS) is 14.9. The van der Waals surface area contributed by atoms with E-state index in [1.807, 2.05) is 11.8 Å². The second kappa shape index (κ2) is 7.35. The van der Waals surface area contributed by atoms with E-state index < -0.39 is 16.0 Å². The highest BCUT2D eigenvalue weighted by molar-refractivity contribution is 7.92. The van der Waals surface area contributed by atoms with Gasteiger partial charge in [0, 0.05) is 18.8 Å². The van der Waals surface area contributed by atoms with Crippen LogP contribution in [0.4, 0.5) is 11.4 Å². The van der Waals surface area contributed by atoms with E-state index in [1.165, 1.54) is 18.2 Å². The van der Waals surface area contributed by atoms with Crippen molar-refractivity contribution < 1.29 is 23.1 Å². The van der Waals surface area contributed by atoms with E-state index in [0.717, 1.165) is 5.56 Å². The number of nitrogens with zero attached hydrogens (tertiary/aromatic N) is 1. The summed E-state index contributed by atoms with van der Waals surface area (Å²) in [5.41, 5.74) is 1.77. The van der Waals surface area contributed by atoms with Crippen LogP contribution in [0.15, 0.2) is 47.4 Å². The maximum absolute atomic E-state index is 12.5. The molecule has 1 aliphatic rings. The summed E-state index contributed by atoms with van der Waals surface area (Å²) in [7, 11) is -3.79. The predicted octanol–water partition coefficient (Wildman–Crippen LogP) is 2.33. The van der Waals surface area contributed by atoms with Crippen LogP contribution in [0.3, 0.4) is 0 Å². The highest BCUT2D eigenvalue weighted by atomic mass is 32.2. The number of morpholine rings is 1. The van der Waals surface area contributed by atoms with Crippen molar-refractivity contribution in [3.63, 3.8) is 0 Å². The lowest BCUT2D eigenvalue weighted by Crippen LogP contribution is -2.37. The first-order chi connectivity index (χ1) is 12.4. The van der Waals surface area contributed by atoms with Crippen molar-refractivity contribution in [3.8, 4) is 0 Å². The van der Waals surface area contributed by atoms with Crippen LogP contribution in [0.2, 0.25) is 0 Å². The smallest absolute Gasteiger partial charge is 0.337 e. The highest BCUT2D eigenvalue weighted by Gasteiger charge is 2.21. The van der Waals surface area contributed by atoms with Crippen LogP contribution < -0.4 is 9.62 Å². The summed E-state index contributed by atoms with van der Waals surface area (Å²) in [6.45, 7) is 4.11. The Labute approximate surface area is 152 Å². The summed E-state index contributed by atoms with van der Waals surface area (Å²) in [5.74, 6) is -1.11. The Morgan fingerprint density at radius 3 is 2.38 bits per heavy atom. The Hall–Kier alpha value is -2.58. The van der Waals surface area contributed by atoms with Crippen LogP contribution in [-0.2, 0) is 14.8 Å². The molecule has 2 aromatic carbocycles. The molecule has 2 N–H and O–H groups in total. The highest BCUT2D eigenvalue weighted by Crippen LogP contribution is 2.27. The zero-order valence-electron chi connectivity index (χ0n) is 14.3. The number of rotatable bonds is 5. The topological polar surface area (TPSA) is 95.9 Å². The van der Waals surface area contributed by atoms with E-state index in [1.54, 1.807) is 24.3 Å². The van der Waals surface area contributed by atoms with E-state index in [-0.39, 0.29) is 16.1 Å². The van der Waals surface area contributed by atoms with Crippen molar-refractivity contribution in [1.29, 1.82) is 0 Å². The minimum absolute atomic E-state index is 0.0519. The third kappa shape index (κ3) is 3.97. The fourth-order valence-corrected chi connectivity index (χ4v) is 3.83. The van der Waals surface area contributed by atoms with Gasteiger partial charge < -0.3 is 14.7 Å². The largest absolute Gasteiger partial charge is 0.478 e. The number of carboxylic acids is 1. The molecule has 3 rings (SSSR count). The number of sulfonamides is 1. The van der Waals surface area contributed by atoms with Gasteiger partial charge in [-0.3, -0.25) is 4.72 Å². The Morgan fingerprint density at radius 2 is 1.77 bits per heavy atom. The molecule has 0 atom stereocenters. The van der Waals surface area contributed by atoms with Gasteiger partial charge in [-0.25, -0.2) is 13.2 Å². The Balaban J connectivity index is 1.89.